The molecule has 0 N–H and O–H groups in total. The van der Waals surface area contributed by atoms with Gasteiger partial charge in [-0.3, -0.25) is 9.78 Å². The monoisotopic (exact) mass is 290 g/mol. The van der Waals surface area contributed by atoms with Crippen LogP contribution < -0.4 is 0 Å². The van der Waals surface area contributed by atoms with Gasteiger partial charge in [-0.25, -0.2) is 0 Å². The van der Waals surface area contributed by atoms with Crippen molar-refractivity contribution >= 4 is 29.2 Å². The molecule has 3 nitrogen and oxygen atoms in total. The molecule has 0 fully saturated rings. The molecule has 20 heavy (non-hydrogen) atoms. The Hall–Kier alpha value is -1.61. The number of hydrogen-bond donors (Lipinski definition) is 0. The summed E-state index contributed by atoms with van der Waals surface area (Å²) < 4.78 is 0. The number of para-hydroxylation sites is 1. The summed E-state index contributed by atoms with van der Waals surface area (Å²) in [5.74, 6) is 0.153. The molecule has 1 aliphatic heterocycles. The normalized spacial score (nSPS) is 14.4. The lowest BCUT2D eigenvalue weighted by Crippen LogP contribution is -2.28. The van der Waals surface area contributed by atoms with E-state index in [1.165, 1.54) is 22.2 Å². The third-order valence-corrected chi connectivity index (χ3v) is 4.00. The third-order valence-electron chi connectivity index (χ3n) is 4.00. The highest BCUT2D eigenvalue weighted by Crippen LogP contribution is 2.26. The predicted octanol–water partition coefficient (Wildman–Crippen LogP) is 3.26. The summed E-state index contributed by atoms with van der Waals surface area (Å²) in [4.78, 5) is 18.4. The van der Waals surface area contributed by atoms with E-state index in [9.17, 15) is 4.79 Å². The number of halogens is 1. The van der Waals surface area contributed by atoms with Crippen LogP contribution in [0.4, 0.5) is 0 Å². The maximum Gasteiger partial charge on any atom is 0.219 e. The lowest BCUT2D eigenvalue weighted by atomic mass is 10.00. The van der Waals surface area contributed by atoms with Crippen LogP contribution in [0.15, 0.2) is 24.3 Å². The lowest BCUT2D eigenvalue weighted by Gasteiger charge is -2.20. The van der Waals surface area contributed by atoms with Crippen molar-refractivity contribution in [2.75, 3.05) is 6.54 Å². The van der Waals surface area contributed by atoms with Gasteiger partial charge in [-0.2, -0.15) is 0 Å². The Morgan fingerprint density at radius 2 is 2.05 bits per heavy atom. The molecule has 0 aliphatic carbocycles. The summed E-state index contributed by atoms with van der Waals surface area (Å²) >= 11 is 0. The van der Waals surface area contributed by atoms with Crippen LogP contribution in [0.2, 0.25) is 0 Å². The van der Waals surface area contributed by atoms with Gasteiger partial charge in [0.15, 0.2) is 0 Å². The summed E-state index contributed by atoms with van der Waals surface area (Å²) in [6.45, 7) is 5.33. The average molecular weight is 291 g/mol. The van der Waals surface area contributed by atoms with Crippen molar-refractivity contribution in [2.24, 2.45) is 0 Å². The summed E-state index contributed by atoms with van der Waals surface area (Å²) in [5, 5.41) is 1.20. The Labute approximate surface area is 125 Å². The van der Waals surface area contributed by atoms with Gasteiger partial charge in [0.25, 0.3) is 0 Å². The largest absolute Gasteiger partial charge is 0.339 e. The van der Waals surface area contributed by atoms with Gasteiger partial charge >= 0.3 is 0 Å². The number of amides is 1. The maximum absolute atomic E-state index is 11.6. The van der Waals surface area contributed by atoms with E-state index in [4.69, 9.17) is 4.98 Å². The molecule has 2 heterocycles. The second-order valence-corrected chi connectivity index (χ2v) is 5.22. The first-order chi connectivity index (χ1) is 9.16. The summed E-state index contributed by atoms with van der Waals surface area (Å²) in [6, 6.07) is 8.25. The number of benzene rings is 1. The van der Waals surface area contributed by atoms with Crippen LogP contribution in [0.3, 0.4) is 0 Å². The number of carbonyl (C=O) groups is 1. The van der Waals surface area contributed by atoms with Gasteiger partial charge in [-0.15, -0.1) is 12.4 Å². The molecule has 0 saturated carbocycles. The van der Waals surface area contributed by atoms with Crippen molar-refractivity contribution in [3.8, 4) is 0 Å². The van der Waals surface area contributed by atoms with Crippen LogP contribution in [-0.4, -0.2) is 22.3 Å². The molecule has 106 valence electrons. The molecular weight excluding hydrogens is 272 g/mol. The molecule has 1 aliphatic rings. The summed E-state index contributed by atoms with van der Waals surface area (Å²) in [6.07, 6.45) is 1.96. The molecule has 1 aromatic heterocycles. The van der Waals surface area contributed by atoms with E-state index in [0.717, 1.165) is 24.9 Å². The Kier molecular flexibility index (Phi) is 4.29. The number of nitrogens with zero attached hydrogens (tertiary/aromatic N) is 2. The van der Waals surface area contributed by atoms with Crippen LogP contribution in [0.25, 0.3) is 10.9 Å². The van der Waals surface area contributed by atoms with Crippen molar-refractivity contribution in [2.45, 2.75) is 33.2 Å². The highest BCUT2D eigenvalue weighted by molar-refractivity contribution is 5.85. The van der Waals surface area contributed by atoms with Gasteiger partial charge in [0, 0.05) is 31.1 Å². The Bertz CT molecular complexity index is 654. The first kappa shape index (κ1) is 14.8. The Morgan fingerprint density at radius 3 is 2.80 bits per heavy atom. The average Bonchev–Trinajstić information content (AvgIpc) is 2.62. The van der Waals surface area contributed by atoms with Crippen LogP contribution in [0, 0.1) is 6.92 Å². The molecule has 0 unspecified atom stereocenters. The molecule has 1 aromatic carbocycles. The van der Waals surface area contributed by atoms with E-state index in [2.05, 4.69) is 19.1 Å². The smallest absolute Gasteiger partial charge is 0.219 e. The fraction of sp³-hybridized carbons (Fsp3) is 0.375. The zero-order valence-electron chi connectivity index (χ0n) is 11.8. The van der Waals surface area contributed by atoms with E-state index in [1.54, 1.807) is 6.92 Å². The zero-order valence-corrected chi connectivity index (χ0v) is 12.7. The van der Waals surface area contributed by atoms with Gasteiger partial charge < -0.3 is 4.90 Å². The first-order valence-electron chi connectivity index (χ1n) is 6.79. The quantitative estimate of drug-likeness (QED) is 0.746. The molecule has 3 rings (SSSR count). The van der Waals surface area contributed by atoms with Crippen molar-refractivity contribution in [3.05, 3.63) is 41.1 Å². The number of aromatic nitrogens is 1. The molecular formula is C16H19ClN2O. The van der Waals surface area contributed by atoms with Crippen molar-refractivity contribution < 1.29 is 4.79 Å². The Morgan fingerprint density at radius 1 is 1.30 bits per heavy atom. The zero-order chi connectivity index (χ0) is 13.4. The number of pyridine rings is 1. The fourth-order valence-corrected chi connectivity index (χ4v) is 2.87. The van der Waals surface area contributed by atoms with E-state index in [0.29, 0.717) is 6.54 Å². The Balaban J connectivity index is 0.00000147. The van der Waals surface area contributed by atoms with Crippen molar-refractivity contribution in [3.63, 3.8) is 0 Å². The van der Waals surface area contributed by atoms with Gasteiger partial charge in [-0.1, -0.05) is 18.2 Å². The minimum atomic E-state index is 0. The number of carbonyl (C=O) groups excluding carboxylic acids is 1. The summed E-state index contributed by atoms with van der Waals surface area (Å²) in [5.41, 5.74) is 4.75. The van der Waals surface area contributed by atoms with Crippen molar-refractivity contribution in [1.29, 1.82) is 0 Å². The highest BCUT2D eigenvalue weighted by Gasteiger charge is 2.20. The molecule has 2 aromatic rings. The van der Waals surface area contributed by atoms with Gasteiger partial charge in [0.2, 0.25) is 5.91 Å². The van der Waals surface area contributed by atoms with Crippen LogP contribution >= 0.6 is 12.4 Å². The highest BCUT2D eigenvalue weighted by atomic mass is 35.5. The van der Waals surface area contributed by atoms with Crippen LogP contribution in [0.5, 0.6) is 0 Å². The lowest BCUT2D eigenvalue weighted by molar-refractivity contribution is -0.129. The van der Waals surface area contributed by atoms with E-state index in [1.807, 2.05) is 17.0 Å². The SMILES string of the molecule is CC(=O)N1CCCc2nc3ccccc3c(C)c2C1.Cl. The second-order valence-electron chi connectivity index (χ2n) is 5.22. The fourth-order valence-electron chi connectivity index (χ4n) is 2.87. The molecule has 0 saturated heterocycles. The topological polar surface area (TPSA) is 33.2 Å². The molecule has 0 radical (unpaired) electrons. The molecule has 0 bridgehead atoms. The number of hydrogen-bond acceptors (Lipinski definition) is 2. The number of aryl methyl sites for hydroxylation is 2. The minimum absolute atomic E-state index is 0. The van der Waals surface area contributed by atoms with Crippen LogP contribution in [0.1, 0.15) is 30.2 Å². The minimum Gasteiger partial charge on any atom is -0.339 e. The third kappa shape index (κ3) is 2.50. The maximum atomic E-state index is 11.6. The van der Waals surface area contributed by atoms with Gasteiger partial charge in [0.1, 0.15) is 0 Å². The van der Waals surface area contributed by atoms with Crippen LogP contribution in [-0.2, 0) is 17.8 Å². The van der Waals surface area contributed by atoms with Crippen molar-refractivity contribution in [1.82, 2.24) is 9.88 Å². The second kappa shape index (κ2) is 5.80. The number of fused-ring (bicyclic) bond motifs is 2. The summed E-state index contributed by atoms with van der Waals surface area (Å²) in [7, 11) is 0. The van der Waals surface area contributed by atoms with Gasteiger partial charge in [0.05, 0.1) is 5.52 Å². The molecule has 0 atom stereocenters. The van der Waals surface area contributed by atoms with E-state index < -0.39 is 0 Å². The molecule has 0 spiro atoms. The standard InChI is InChI=1S/C16H18N2O.ClH/c1-11-13-6-3-4-7-15(13)17-16-8-5-9-18(12(2)19)10-14(11)16;/h3-4,6-7H,5,8-10H2,1-2H3;1H. The first-order valence-corrected chi connectivity index (χ1v) is 6.79. The van der Waals surface area contributed by atoms with E-state index >= 15 is 0 Å². The predicted molar refractivity (Wildman–Crippen MR) is 83.1 cm³/mol. The molecule has 4 heteroatoms. The number of rotatable bonds is 0. The van der Waals surface area contributed by atoms with Gasteiger partial charge in [-0.05, 0) is 37.0 Å². The molecule has 1 amide bonds. The van der Waals surface area contributed by atoms with E-state index in [-0.39, 0.29) is 18.3 Å².